The normalized spacial score (nSPS) is 43.8. The molecular weight excluding hydrogens is 126 g/mol. The molecule has 0 aromatic heterocycles. The zero-order chi connectivity index (χ0) is 7.72. The molecular formula is C7H17N3. The smallest absolute Gasteiger partial charge is 0.112 e. The fraction of sp³-hybridized carbons (Fsp3) is 1.00. The molecule has 1 saturated heterocycles. The van der Waals surface area contributed by atoms with Crippen LogP contribution in [-0.4, -0.2) is 30.3 Å². The van der Waals surface area contributed by atoms with Crippen molar-refractivity contribution in [2.75, 3.05) is 7.05 Å². The second-order valence-electron chi connectivity index (χ2n) is 3.26. The molecule has 0 aromatic carbocycles. The summed E-state index contributed by atoms with van der Waals surface area (Å²) in [5.74, 6) is 0. The van der Waals surface area contributed by atoms with E-state index in [0.29, 0.717) is 12.1 Å². The zero-order valence-electron chi connectivity index (χ0n) is 6.96. The molecule has 0 aromatic rings. The molecule has 0 bridgehead atoms. The lowest BCUT2D eigenvalue weighted by molar-refractivity contribution is 0.0903. The van der Waals surface area contributed by atoms with Gasteiger partial charge in [-0.05, 0) is 27.3 Å². The number of rotatable bonds is 0. The molecule has 0 aliphatic carbocycles. The number of nitrogens with two attached hydrogens (primary N) is 1. The number of hydrogen-bond acceptors (Lipinski definition) is 3. The molecule has 1 aliphatic heterocycles. The summed E-state index contributed by atoms with van der Waals surface area (Å²) in [6.07, 6.45) is 1.23. The minimum atomic E-state index is 0.0405. The average Bonchev–Trinajstić information content (AvgIpc) is 1.82. The van der Waals surface area contributed by atoms with Crippen LogP contribution in [0.25, 0.3) is 0 Å². The SMILES string of the molecule is CC1CC(C)N(C)C(N)N1. The van der Waals surface area contributed by atoms with Gasteiger partial charge < -0.3 is 5.73 Å². The first-order valence-electron chi connectivity index (χ1n) is 3.85. The summed E-state index contributed by atoms with van der Waals surface area (Å²) in [6.45, 7) is 4.38. The van der Waals surface area contributed by atoms with Crippen LogP contribution in [0.15, 0.2) is 0 Å². The van der Waals surface area contributed by atoms with Crippen molar-refractivity contribution in [3.05, 3.63) is 0 Å². The predicted molar refractivity (Wildman–Crippen MR) is 42.4 cm³/mol. The van der Waals surface area contributed by atoms with Gasteiger partial charge in [0.2, 0.25) is 0 Å². The Morgan fingerprint density at radius 3 is 2.60 bits per heavy atom. The third-order valence-electron chi connectivity index (χ3n) is 2.28. The maximum absolute atomic E-state index is 5.77. The Kier molecular flexibility index (Phi) is 2.28. The zero-order valence-corrected chi connectivity index (χ0v) is 6.96. The standard InChI is InChI=1S/C7H17N3/c1-5-4-6(2)10(3)7(8)9-5/h5-7,9H,4,8H2,1-3H3. The maximum atomic E-state index is 5.77. The second kappa shape index (κ2) is 2.86. The van der Waals surface area contributed by atoms with Gasteiger partial charge in [0.1, 0.15) is 6.29 Å². The molecule has 1 aliphatic rings. The number of hydrogen-bond donors (Lipinski definition) is 2. The maximum Gasteiger partial charge on any atom is 0.112 e. The molecule has 0 saturated carbocycles. The van der Waals surface area contributed by atoms with E-state index in [2.05, 4.69) is 24.1 Å². The fourth-order valence-corrected chi connectivity index (χ4v) is 1.43. The molecule has 1 fully saturated rings. The molecule has 0 radical (unpaired) electrons. The Hall–Kier alpha value is -0.120. The van der Waals surface area contributed by atoms with Gasteiger partial charge in [-0.3, -0.25) is 10.2 Å². The van der Waals surface area contributed by atoms with Gasteiger partial charge in [0, 0.05) is 12.1 Å². The van der Waals surface area contributed by atoms with Gasteiger partial charge in [-0.1, -0.05) is 0 Å². The van der Waals surface area contributed by atoms with Crippen molar-refractivity contribution in [1.82, 2.24) is 10.2 Å². The van der Waals surface area contributed by atoms with Gasteiger partial charge in [0.15, 0.2) is 0 Å². The van der Waals surface area contributed by atoms with Crippen molar-refractivity contribution in [2.24, 2.45) is 5.73 Å². The third-order valence-corrected chi connectivity index (χ3v) is 2.28. The molecule has 3 heteroatoms. The van der Waals surface area contributed by atoms with Crippen molar-refractivity contribution in [2.45, 2.75) is 38.6 Å². The summed E-state index contributed by atoms with van der Waals surface area (Å²) >= 11 is 0. The summed E-state index contributed by atoms with van der Waals surface area (Å²) in [6, 6.07) is 1.16. The van der Waals surface area contributed by atoms with Gasteiger partial charge in [-0.15, -0.1) is 0 Å². The van der Waals surface area contributed by atoms with E-state index in [4.69, 9.17) is 5.73 Å². The predicted octanol–water partition coefficient (Wildman–Crippen LogP) is -0.0692. The Balaban J connectivity index is 2.49. The molecule has 0 spiro atoms. The van der Waals surface area contributed by atoms with E-state index >= 15 is 0 Å². The third kappa shape index (κ3) is 1.48. The highest BCUT2D eigenvalue weighted by Crippen LogP contribution is 2.11. The van der Waals surface area contributed by atoms with Crippen LogP contribution in [-0.2, 0) is 0 Å². The largest absolute Gasteiger partial charge is 0.303 e. The average molecular weight is 143 g/mol. The minimum Gasteiger partial charge on any atom is -0.303 e. The molecule has 10 heavy (non-hydrogen) atoms. The lowest BCUT2D eigenvalue weighted by atomic mass is 10.1. The van der Waals surface area contributed by atoms with Crippen molar-refractivity contribution in [3.63, 3.8) is 0 Å². The topological polar surface area (TPSA) is 41.3 Å². The van der Waals surface area contributed by atoms with E-state index in [0.717, 1.165) is 0 Å². The first-order valence-corrected chi connectivity index (χ1v) is 3.85. The van der Waals surface area contributed by atoms with Crippen molar-refractivity contribution < 1.29 is 0 Å². The summed E-state index contributed by atoms with van der Waals surface area (Å²) < 4.78 is 0. The van der Waals surface area contributed by atoms with Crippen LogP contribution in [0.5, 0.6) is 0 Å². The molecule has 3 N–H and O–H groups in total. The molecule has 3 unspecified atom stereocenters. The molecule has 0 amide bonds. The van der Waals surface area contributed by atoms with Crippen molar-refractivity contribution in [3.8, 4) is 0 Å². The summed E-state index contributed by atoms with van der Waals surface area (Å²) in [4.78, 5) is 2.15. The minimum absolute atomic E-state index is 0.0405. The highest BCUT2D eigenvalue weighted by molar-refractivity contribution is 4.80. The lowest BCUT2D eigenvalue weighted by Crippen LogP contribution is -2.61. The van der Waals surface area contributed by atoms with Gasteiger partial charge >= 0.3 is 0 Å². The van der Waals surface area contributed by atoms with E-state index in [9.17, 15) is 0 Å². The van der Waals surface area contributed by atoms with Gasteiger partial charge in [-0.25, -0.2) is 0 Å². The van der Waals surface area contributed by atoms with E-state index < -0.39 is 0 Å². The number of nitrogens with zero attached hydrogens (tertiary/aromatic N) is 1. The molecule has 3 atom stereocenters. The summed E-state index contributed by atoms with van der Waals surface area (Å²) in [7, 11) is 2.05. The van der Waals surface area contributed by atoms with Crippen LogP contribution in [0.2, 0.25) is 0 Å². The molecule has 3 nitrogen and oxygen atoms in total. The van der Waals surface area contributed by atoms with E-state index in [1.54, 1.807) is 0 Å². The van der Waals surface area contributed by atoms with Gasteiger partial charge in [-0.2, -0.15) is 0 Å². The van der Waals surface area contributed by atoms with Crippen LogP contribution in [0.1, 0.15) is 20.3 Å². The van der Waals surface area contributed by atoms with Crippen LogP contribution in [0.4, 0.5) is 0 Å². The van der Waals surface area contributed by atoms with Crippen molar-refractivity contribution >= 4 is 0 Å². The van der Waals surface area contributed by atoms with Crippen LogP contribution >= 0.6 is 0 Å². The van der Waals surface area contributed by atoms with Crippen LogP contribution in [0.3, 0.4) is 0 Å². The molecule has 1 rings (SSSR count). The first kappa shape index (κ1) is 7.98. The summed E-state index contributed by atoms with van der Waals surface area (Å²) in [5, 5.41) is 3.26. The van der Waals surface area contributed by atoms with Gasteiger partial charge in [0.05, 0.1) is 0 Å². The second-order valence-corrected chi connectivity index (χ2v) is 3.26. The quantitative estimate of drug-likeness (QED) is 0.499. The highest BCUT2D eigenvalue weighted by Gasteiger charge is 2.24. The fourth-order valence-electron chi connectivity index (χ4n) is 1.43. The lowest BCUT2D eigenvalue weighted by Gasteiger charge is -2.39. The molecule has 60 valence electrons. The first-order chi connectivity index (χ1) is 4.61. The van der Waals surface area contributed by atoms with Crippen molar-refractivity contribution in [1.29, 1.82) is 0 Å². The number of nitrogens with one attached hydrogen (secondary N) is 1. The Morgan fingerprint density at radius 1 is 1.50 bits per heavy atom. The van der Waals surface area contributed by atoms with Crippen LogP contribution < -0.4 is 11.1 Å². The van der Waals surface area contributed by atoms with Crippen LogP contribution in [0, 0.1) is 0 Å². The molecule has 1 heterocycles. The highest BCUT2D eigenvalue weighted by atomic mass is 15.4. The van der Waals surface area contributed by atoms with E-state index in [1.807, 2.05) is 7.05 Å². The Morgan fingerprint density at radius 2 is 2.10 bits per heavy atom. The summed E-state index contributed by atoms with van der Waals surface area (Å²) in [5.41, 5.74) is 5.77. The monoisotopic (exact) mass is 143 g/mol. The van der Waals surface area contributed by atoms with E-state index in [-0.39, 0.29) is 6.29 Å². The van der Waals surface area contributed by atoms with E-state index in [1.165, 1.54) is 6.42 Å². The van der Waals surface area contributed by atoms with Gasteiger partial charge in [0.25, 0.3) is 0 Å². The Bertz CT molecular complexity index is 103. The Labute approximate surface area is 62.6 Å².